The molecule has 2 aliphatic carbocycles. The van der Waals surface area contributed by atoms with Crippen LogP contribution in [0.25, 0.3) is 0 Å². The molecule has 0 radical (unpaired) electrons. The Labute approximate surface area is 104 Å². The molecule has 1 fully saturated rings. The zero-order valence-corrected chi connectivity index (χ0v) is 10.9. The Balaban J connectivity index is 1.65. The van der Waals surface area contributed by atoms with Crippen LogP contribution < -0.4 is 0 Å². The fourth-order valence-electron chi connectivity index (χ4n) is 2.92. The van der Waals surface area contributed by atoms with Gasteiger partial charge in [-0.05, 0) is 37.5 Å². The molecule has 2 aliphatic rings. The van der Waals surface area contributed by atoms with Crippen molar-refractivity contribution in [3.8, 4) is 0 Å². The minimum absolute atomic E-state index is 0.304. The van der Waals surface area contributed by atoms with Crippen molar-refractivity contribution in [2.75, 3.05) is 13.2 Å². The molecular weight excluding hydrogens is 212 g/mol. The molecule has 2 nitrogen and oxygen atoms in total. The standard InChI is InChI=1S/C15H24O2/c1-12-6-2-3-9-14(12)10-17-11-15(16)13-7-4-5-8-13/h2-3,12-14H,4-11H2,1H3. The maximum Gasteiger partial charge on any atom is 0.161 e. The summed E-state index contributed by atoms with van der Waals surface area (Å²) >= 11 is 0. The average Bonchev–Trinajstić information content (AvgIpc) is 2.85. The summed E-state index contributed by atoms with van der Waals surface area (Å²) in [6.45, 7) is 3.37. The van der Waals surface area contributed by atoms with Crippen LogP contribution in [0.1, 0.15) is 45.4 Å². The number of Topliss-reactive ketones (excluding diaryl/α,β-unsaturated/α-hetero) is 1. The van der Waals surface area contributed by atoms with Crippen molar-refractivity contribution in [3.05, 3.63) is 12.2 Å². The quantitative estimate of drug-likeness (QED) is 0.684. The predicted octanol–water partition coefficient (Wildman–Crippen LogP) is 3.36. The van der Waals surface area contributed by atoms with Gasteiger partial charge in [0.1, 0.15) is 6.61 Å². The first-order chi connectivity index (χ1) is 8.27. The fraction of sp³-hybridized carbons (Fsp3) is 0.800. The number of hydrogen-bond acceptors (Lipinski definition) is 2. The lowest BCUT2D eigenvalue weighted by molar-refractivity contribution is -0.128. The zero-order chi connectivity index (χ0) is 12.1. The third-order valence-electron chi connectivity index (χ3n) is 4.30. The number of ether oxygens (including phenoxy) is 1. The maximum atomic E-state index is 11.8. The van der Waals surface area contributed by atoms with Crippen molar-refractivity contribution in [1.29, 1.82) is 0 Å². The molecule has 0 saturated heterocycles. The third-order valence-corrected chi connectivity index (χ3v) is 4.30. The lowest BCUT2D eigenvalue weighted by Crippen LogP contribution is -2.23. The van der Waals surface area contributed by atoms with Crippen molar-refractivity contribution in [2.45, 2.75) is 45.4 Å². The van der Waals surface area contributed by atoms with E-state index in [1.807, 2.05) is 0 Å². The van der Waals surface area contributed by atoms with Gasteiger partial charge in [-0.2, -0.15) is 0 Å². The van der Waals surface area contributed by atoms with E-state index in [1.54, 1.807) is 0 Å². The van der Waals surface area contributed by atoms with Gasteiger partial charge in [0, 0.05) is 5.92 Å². The largest absolute Gasteiger partial charge is 0.373 e. The zero-order valence-electron chi connectivity index (χ0n) is 10.9. The lowest BCUT2D eigenvalue weighted by Gasteiger charge is -2.25. The van der Waals surface area contributed by atoms with E-state index in [0.29, 0.717) is 30.1 Å². The van der Waals surface area contributed by atoms with Crippen LogP contribution >= 0.6 is 0 Å². The van der Waals surface area contributed by atoms with E-state index in [1.165, 1.54) is 12.8 Å². The highest BCUT2D eigenvalue weighted by atomic mass is 16.5. The van der Waals surface area contributed by atoms with Crippen LogP contribution in [0.4, 0.5) is 0 Å². The van der Waals surface area contributed by atoms with Crippen molar-refractivity contribution >= 4 is 5.78 Å². The van der Waals surface area contributed by atoms with Gasteiger partial charge in [0.15, 0.2) is 5.78 Å². The van der Waals surface area contributed by atoms with Crippen molar-refractivity contribution in [3.63, 3.8) is 0 Å². The average molecular weight is 236 g/mol. The predicted molar refractivity (Wildman–Crippen MR) is 68.8 cm³/mol. The molecule has 0 spiro atoms. The summed E-state index contributed by atoms with van der Waals surface area (Å²) in [5.41, 5.74) is 0. The van der Waals surface area contributed by atoms with E-state index < -0.39 is 0 Å². The fourth-order valence-corrected chi connectivity index (χ4v) is 2.92. The number of allylic oxidation sites excluding steroid dienone is 2. The van der Waals surface area contributed by atoms with Gasteiger partial charge in [-0.15, -0.1) is 0 Å². The summed E-state index contributed by atoms with van der Waals surface area (Å²) < 4.78 is 5.63. The molecular formula is C15H24O2. The number of hydrogen-bond donors (Lipinski definition) is 0. The highest BCUT2D eigenvalue weighted by Gasteiger charge is 2.23. The van der Waals surface area contributed by atoms with Crippen LogP contribution in [0.5, 0.6) is 0 Å². The molecule has 0 heterocycles. The van der Waals surface area contributed by atoms with Crippen molar-refractivity contribution < 1.29 is 9.53 Å². The molecule has 2 heteroatoms. The van der Waals surface area contributed by atoms with E-state index in [4.69, 9.17) is 4.74 Å². The molecule has 2 rings (SSSR count). The molecule has 0 aromatic heterocycles. The minimum atomic E-state index is 0.304. The Morgan fingerprint density at radius 3 is 2.65 bits per heavy atom. The van der Waals surface area contributed by atoms with Gasteiger partial charge >= 0.3 is 0 Å². The van der Waals surface area contributed by atoms with Gasteiger partial charge < -0.3 is 4.74 Å². The summed E-state index contributed by atoms with van der Waals surface area (Å²) in [4.78, 5) is 11.8. The SMILES string of the molecule is CC1CC=CCC1COCC(=O)C1CCCC1. The summed E-state index contributed by atoms with van der Waals surface area (Å²) in [7, 11) is 0. The Hall–Kier alpha value is -0.630. The van der Waals surface area contributed by atoms with E-state index in [9.17, 15) is 4.79 Å². The normalized spacial score (nSPS) is 29.7. The second-order valence-electron chi connectivity index (χ2n) is 5.64. The van der Waals surface area contributed by atoms with Crippen LogP contribution in [-0.4, -0.2) is 19.0 Å². The first-order valence-corrected chi connectivity index (χ1v) is 7.03. The van der Waals surface area contributed by atoms with Gasteiger partial charge in [-0.25, -0.2) is 0 Å². The Morgan fingerprint density at radius 2 is 1.94 bits per heavy atom. The first kappa shape index (κ1) is 12.8. The van der Waals surface area contributed by atoms with Crippen LogP contribution in [0.3, 0.4) is 0 Å². The van der Waals surface area contributed by atoms with Gasteiger partial charge in [-0.1, -0.05) is 31.9 Å². The van der Waals surface area contributed by atoms with E-state index in [2.05, 4.69) is 19.1 Å². The molecule has 2 unspecified atom stereocenters. The highest BCUT2D eigenvalue weighted by Crippen LogP contribution is 2.27. The van der Waals surface area contributed by atoms with Crippen molar-refractivity contribution in [2.24, 2.45) is 17.8 Å². The number of carbonyl (C=O) groups excluding carboxylic acids is 1. The summed E-state index contributed by atoms with van der Waals surface area (Å²) in [5, 5.41) is 0. The van der Waals surface area contributed by atoms with E-state index in [-0.39, 0.29) is 0 Å². The number of rotatable bonds is 5. The first-order valence-electron chi connectivity index (χ1n) is 7.03. The Bertz CT molecular complexity index is 277. The molecule has 0 bridgehead atoms. The summed E-state index contributed by atoms with van der Waals surface area (Å²) in [5.74, 6) is 1.94. The maximum absolute atomic E-state index is 11.8. The highest BCUT2D eigenvalue weighted by molar-refractivity contribution is 5.82. The van der Waals surface area contributed by atoms with Gasteiger partial charge in [-0.3, -0.25) is 4.79 Å². The van der Waals surface area contributed by atoms with Gasteiger partial charge in [0.25, 0.3) is 0 Å². The summed E-state index contributed by atoms with van der Waals surface area (Å²) in [6.07, 6.45) is 11.4. The summed E-state index contributed by atoms with van der Waals surface area (Å²) in [6, 6.07) is 0. The molecule has 0 aromatic carbocycles. The van der Waals surface area contributed by atoms with Crippen LogP contribution in [0.15, 0.2) is 12.2 Å². The molecule has 0 aliphatic heterocycles. The topological polar surface area (TPSA) is 26.3 Å². The van der Waals surface area contributed by atoms with E-state index >= 15 is 0 Å². The number of carbonyl (C=O) groups is 1. The lowest BCUT2D eigenvalue weighted by atomic mass is 9.85. The monoisotopic (exact) mass is 236 g/mol. The molecule has 96 valence electrons. The van der Waals surface area contributed by atoms with E-state index in [0.717, 1.165) is 32.3 Å². The van der Waals surface area contributed by atoms with Crippen LogP contribution in [0.2, 0.25) is 0 Å². The smallest absolute Gasteiger partial charge is 0.161 e. The van der Waals surface area contributed by atoms with Crippen LogP contribution in [0, 0.1) is 17.8 Å². The molecule has 1 saturated carbocycles. The molecule has 2 atom stereocenters. The second kappa shape index (κ2) is 6.34. The van der Waals surface area contributed by atoms with Gasteiger partial charge in [0.2, 0.25) is 0 Å². The molecule has 0 N–H and O–H groups in total. The van der Waals surface area contributed by atoms with Crippen molar-refractivity contribution in [1.82, 2.24) is 0 Å². The number of ketones is 1. The van der Waals surface area contributed by atoms with Gasteiger partial charge in [0.05, 0.1) is 6.61 Å². The molecule has 17 heavy (non-hydrogen) atoms. The minimum Gasteiger partial charge on any atom is -0.373 e. The third kappa shape index (κ3) is 3.67. The van der Waals surface area contributed by atoms with Crippen LogP contribution in [-0.2, 0) is 9.53 Å². The Morgan fingerprint density at radius 1 is 1.24 bits per heavy atom. The molecule has 0 amide bonds. The second-order valence-corrected chi connectivity index (χ2v) is 5.64. The Kier molecular flexibility index (Phi) is 4.78. The molecule has 0 aromatic rings.